The van der Waals surface area contributed by atoms with Crippen LogP contribution in [-0.4, -0.2) is 11.7 Å². The summed E-state index contributed by atoms with van der Waals surface area (Å²) in [4.78, 5) is 12.4. The average molecular weight is 320 g/mol. The van der Waals surface area contributed by atoms with Crippen molar-refractivity contribution < 1.29 is 13.6 Å². The molecule has 0 heterocycles. The van der Waals surface area contributed by atoms with Gasteiger partial charge in [-0.15, -0.1) is 0 Å². The fraction of sp³-hybridized carbons (Fsp3) is 0.500. The maximum Gasteiger partial charge on any atom is 0.289 e. The van der Waals surface area contributed by atoms with Crippen molar-refractivity contribution in [2.75, 3.05) is 5.32 Å². The van der Waals surface area contributed by atoms with E-state index in [-0.39, 0.29) is 21.7 Å². The molecule has 1 aliphatic rings. The predicted octanol–water partition coefficient (Wildman–Crippen LogP) is 5.17. The normalized spacial score (nSPS) is 16.4. The minimum absolute atomic E-state index is 0.0212. The largest absolute Gasteiger partial charge is 0.325 e. The Labute approximate surface area is 126 Å². The summed E-state index contributed by atoms with van der Waals surface area (Å²) >= 11 is 6.30. The molecule has 1 aromatic rings. The first-order valence-electron chi connectivity index (χ1n) is 6.62. The number of hydrogen-bond donors (Lipinski definition) is 1. The molecule has 1 N–H and O–H groups in total. The van der Waals surface area contributed by atoms with Crippen LogP contribution in [0.1, 0.15) is 32.1 Å². The van der Waals surface area contributed by atoms with Crippen LogP contribution in [0.2, 0.25) is 5.02 Å². The zero-order valence-corrected chi connectivity index (χ0v) is 12.4. The molecule has 0 radical (unpaired) electrons. The second kappa shape index (κ2) is 7.27. The third kappa shape index (κ3) is 4.09. The topological polar surface area (TPSA) is 29.1 Å². The van der Waals surface area contributed by atoms with E-state index in [0.717, 1.165) is 32.1 Å². The van der Waals surface area contributed by atoms with Crippen LogP contribution < -0.4 is 5.32 Å². The summed E-state index contributed by atoms with van der Waals surface area (Å²) in [5, 5.41) is 2.98. The van der Waals surface area contributed by atoms with Gasteiger partial charge in [0.15, 0.2) is 0 Å². The summed E-state index contributed by atoms with van der Waals surface area (Å²) in [6, 6.07) is 4.80. The Morgan fingerprint density at radius 3 is 2.65 bits per heavy atom. The predicted molar refractivity (Wildman–Crippen MR) is 78.5 cm³/mol. The molecule has 0 unspecified atom stereocenters. The number of hydrogen-bond acceptors (Lipinski definition) is 2. The molecule has 1 aromatic carbocycles. The van der Waals surface area contributed by atoms with Crippen molar-refractivity contribution in [3.63, 3.8) is 0 Å². The lowest BCUT2D eigenvalue weighted by Crippen LogP contribution is -2.25. The van der Waals surface area contributed by atoms with E-state index in [2.05, 4.69) is 5.32 Å². The van der Waals surface area contributed by atoms with Gasteiger partial charge in [0.2, 0.25) is 5.91 Å². The van der Waals surface area contributed by atoms with Crippen molar-refractivity contribution in [2.24, 2.45) is 5.92 Å². The molecule has 1 fully saturated rings. The van der Waals surface area contributed by atoms with Crippen LogP contribution in [0.3, 0.4) is 0 Å². The van der Waals surface area contributed by atoms with Gasteiger partial charge in [0.1, 0.15) is 0 Å². The molecule has 6 heteroatoms. The Bertz CT molecular complexity index is 478. The highest BCUT2D eigenvalue weighted by atomic mass is 35.5. The average Bonchev–Trinajstić information content (AvgIpc) is 2.43. The first-order chi connectivity index (χ1) is 9.58. The van der Waals surface area contributed by atoms with Crippen LogP contribution in [0.4, 0.5) is 14.5 Å². The molecule has 2 nitrogen and oxygen atoms in total. The first kappa shape index (κ1) is 15.6. The lowest BCUT2D eigenvalue weighted by atomic mass is 9.88. The van der Waals surface area contributed by atoms with Gasteiger partial charge in [0.05, 0.1) is 15.6 Å². The van der Waals surface area contributed by atoms with Gasteiger partial charge in [-0.05, 0) is 25.0 Å². The van der Waals surface area contributed by atoms with Crippen molar-refractivity contribution in [2.45, 2.75) is 42.8 Å². The second-order valence-electron chi connectivity index (χ2n) is 4.82. The number of nitrogens with one attached hydrogen (secondary N) is 1. The number of benzene rings is 1. The van der Waals surface area contributed by atoms with Gasteiger partial charge in [-0.2, -0.15) is 8.78 Å². The van der Waals surface area contributed by atoms with E-state index in [9.17, 15) is 13.6 Å². The third-order valence-electron chi connectivity index (χ3n) is 3.41. The number of rotatable bonds is 4. The van der Waals surface area contributed by atoms with E-state index in [4.69, 9.17) is 11.6 Å². The molecule has 1 amide bonds. The summed E-state index contributed by atoms with van der Waals surface area (Å²) in [6.45, 7) is 0. The van der Waals surface area contributed by atoms with Crippen molar-refractivity contribution >= 4 is 35.0 Å². The Kier molecular flexibility index (Phi) is 5.66. The summed E-state index contributed by atoms with van der Waals surface area (Å²) in [7, 11) is 0. The van der Waals surface area contributed by atoms with Crippen molar-refractivity contribution in [1.29, 1.82) is 0 Å². The molecule has 110 valence electrons. The molecule has 0 atom stereocenters. The lowest BCUT2D eigenvalue weighted by Gasteiger charge is -2.21. The van der Waals surface area contributed by atoms with Crippen LogP contribution in [0.15, 0.2) is 23.1 Å². The Morgan fingerprint density at radius 2 is 2.00 bits per heavy atom. The fourth-order valence-corrected chi connectivity index (χ4v) is 3.33. The highest BCUT2D eigenvalue weighted by molar-refractivity contribution is 7.99. The molecule has 20 heavy (non-hydrogen) atoms. The smallest absolute Gasteiger partial charge is 0.289 e. The third-order valence-corrected chi connectivity index (χ3v) is 4.69. The quantitative estimate of drug-likeness (QED) is 0.775. The van der Waals surface area contributed by atoms with E-state index in [1.807, 2.05) is 0 Å². The SMILES string of the molecule is O=C(Nc1cccc(Cl)c1SC(F)F)C1CCCCC1. The highest BCUT2D eigenvalue weighted by Gasteiger charge is 2.23. The molecule has 0 aliphatic heterocycles. The molecular weight excluding hydrogens is 304 g/mol. The summed E-state index contributed by atoms with van der Waals surface area (Å²) in [6.07, 6.45) is 4.99. The maximum absolute atomic E-state index is 12.6. The van der Waals surface area contributed by atoms with Gasteiger partial charge in [0.25, 0.3) is 5.76 Å². The Morgan fingerprint density at radius 1 is 1.30 bits per heavy atom. The van der Waals surface area contributed by atoms with E-state index in [0.29, 0.717) is 17.4 Å². The van der Waals surface area contributed by atoms with Gasteiger partial charge in [-0.25, -0.2) is 0 Å². The number of alkyl halides is 2. The van der Waals surface area contributed by atoms with E-state index >= 15 is 0 Å². The molecule has 0 aromatic heterocycles. The van der Waals surface area contributed by atoms with Crippen molar-refractivity contribution in [3.8, 4) is 0 Å². The summed E-state index contributed by atoms with van der Waals surface area (Å²) in [5.74, 6) is -2.68. The number of halogens is 3. The maximum atomic E-state index is 12.6. The van der Waals surface area contributed by atoms with Crippen molar-refractivity contribution in [1.82, 2.24) is 0 Å². The number of carbonyl (C=O) groups excluding carboxylic acids is 1. The lowest BCUT2D eigenvalue weighted by molar-refractivity contribution is -0.120. The first-order valence-corrected chi connectivity index (χ1v) is 7.88. The minimum Gasteiger partial charge on any atom is -0.325 e. The molecule has 0 bridgehead atoms. The van der Waals surface area contributed by atoms with Crippen molar-refractivity contribution in [3.05, 3.63) is 23.2 Å². The zero-order chi connectivity index (χ0) is 14.5. The highest BCUT2D eigenvalue weighted by Crippen LogP contribution is 2.38. The van der Waals surface area contributed by atoms with Gasteiger partial charge in [0, 0.05) is 5.92 Å². The fourth-order valence-electron chi connectivity index (χ4n) is 2.42. The molecule has 1 aliphatic carbocycles. The molecule has 0 spiro atoms. The molecule has 0 saturated heterocycles. The van der Waals surface area contributed by atoms with Gasteiger partial charge in [-0.3, -0.25) is 4.79 Å². The summed E-state index contributed by atoms with van der Waals surface area (Å²) < 4.78 is 25.1. The van der Waals surface area contributed by atoms with Crippen LogP contribution in [0, 0.1) is 5.92 Å². The second-order valence-corrected chi connectivity index (χ2v) is 6.23. The van der Waals surface area contributed by atoms with Gasteiger partial charge in [-0.1, -0.05) is 48.7 Å². The zero-order valence-electron chi connectivity index (χ0n) is 10.9. The minimum atomic E-state index is -2.57. The van der Waals surface area contributed by atoms with Crippen LogP contribution in [0.5, 0.6) is 0 Å². The van der Waals surface area contributed by atoms with E-state index < -0.39 is 5.76 Å². The molecule has 2 rings (SSSR count). The van der Waals surface area contributed by atoms with Crippen LogP contribution in [0.25, 0.3) is 0 Å². The number of anilines is 1. The Balaban J connectivity index is 2.11. The monoisotopic (exact) mass is 319 g/mol. The molecular formula is C14H16ClF2NOS. The van der Waals surface area contributed by atoms with Gasteiger partial charge >= 0.3 is 0 Å². The van der Waals surface area contributed by atoms with E-state index in [1.165, 1.54) is 0 Å². The summed E-state index contributed by atoms with van der Waals surface area (Å²) in [5.41, 5.74) is 0.373. The van der Waals surface area contributed by atoms with Crippen LogP contribution in [-0.2, 0) is 4.79 Å². The van der Waals surface area contributed by atoms with E-state index in [1.54, 1.807) is 18.2 Å². The number of amides is 1. The Hall–Kier alpha value is -0.810. The van der Waals surface area contributed by atoms with Gasteiger partial charge < -0.3 is 5.32 Å². The number of thioether (sulfide) groups is 1. The number of carbonyl (C=O) groups is 1. The standard InChI is InChI=1S/C14H16ClF2NOS/c15-10-7-4-8-11(12(10)20-14(16)17)18-13(19)9-5-2-1-3-6-9/h4,7-9,14H,1-3,5-6H2,(H,18,19). The molecule has 1 saturated carbocycles. The van der Waals surface area contributed by atoms with Crippen LogP contribution >= 0.6 is 23.4 Å².